The lowest BCUT2D eigenvalue weighted by Crippen LogP contribution is -2.37. The van der Waals surface area contributed by atoms with Crippen LogP contribution < -0.4 is 15.4 Å². The Morgan fingerprint density at radius 3 is 2.12 bits per heavy atom. The zero-order chi connectivity index (χ0) is 24.9. The van der Waals surface area contributed by atoms with Crippen LogP contribution in [0.2, 0.25) is 0 Å². The van der Waals surface area contributed by atoms with Crippen molar-refractivity contribution in [3.8, 4) is 5.75 Å². The normalized spacial score (nSPS) is 10.1. The average molecular weight is 463 g/mol. The molecule has 1 heterocycles. The Labute approximate surface area is 197 Å². The van der Waals surface area contributed by atoms with Crippen LogP contribution >= 0.6 is 0 Å². The molecule has 3 aromatic rings. The number of aromatic nitrogens is 1. The van der Waals surface area contributed by atoms with Gasteiger partial charge in [-0.2, -0.15) is 0 Å². The summed E-state index contributed by atoms with van der Waals surface area (Å²) < 4.78 is 5.20. The quantitative estimate of drug-likeness (QED) is 0.226. The van der Waals surface area contributed by atoms with Gasteiger partial charge >= 0.3 is 11.9 Å². The molecule has 1 aromatic heterocycles. The molecule has 0 unspecified atom stereocenters. The molecule has 34 heavy (non-hydrogen) atoms. The Kier molecular flexibility index (Phi) is 9.80. The number of anilines is 1. The van der Waals surface area contributed by atoms with E-state index in [0.29, 0.717) is 24.5 Å². The highest BCUT2D eigenvalue weighted by Crippen LogP contribution is 2.23. The number of guanidine groups is 1. The molecular formula is C25H26N4O5. The molecule has 5 N–H and O–H groups in total. The number of hydrogen-bond acceptors (Lipinski definition) is 5. The Bertz CT molecular complexity index is 1120. The number of ether oxygens (including phenoxy) is 1. The number of carboxylic acids is 2. The Morgan fingerprint density at radius 1 is 0.971 bits per heavy atom. The number of aliphatic carboxylic acids is 2. The van der Waals surface area contributed by atoms with E-state index in [1.165, 1.54) is 5.56 Å². The molecule has 0 radical (unpaired) electrons. The zero-order valence-corrected chi connectivity index (χ0v) is 18.6. The van der Waals surface area contributed by atoms with E-state index in [1.807, 2.05) is 54.6 Å². The van der Waals surface area contributed by atoms with Gasteiger partial charge in [0.1, 0.15) is 11.6 Å². The fourth-order valence-corrected chi connectivity index (χ4v) is 2.96. The maximum atomic E-state index is 9.55. The standard InChI is InChI=1S/C21H22N4O.C4H4O4/c1-26-19-11-9-17(10-12-19)15-25(21(22)23)20-18(8-5-13-24-20)14-16-6-3-2-4-7-16;5-3(6)1-2-4(7)8/h2-13H,14-15H2,1H3,(H3,22,23);1-2H,(H,5,6)(H,7,8)/b;2-1-. The number of pyridine rings is 1. The first-order valence-electron chi connectivity index (χ1n) is 10.2. The molecule has 0 saturated heterocycles. The van der Waals surface area contributed by atoms with Crippen LogP contribution in [0.1, 0.15) is 16.7 Å². The molecule has 0 aliphatic heterocycles. The average Bonchev–Trinajstić information content (AvgIpc) is 2.83. The maximum absolute atomic E-state index is 9.55. The van der Waals surface area contributed by atoms with Crippen LogP contribution in [0.4, 0.5) is 5.82 Å². The van der Waals surface area contributed by atoms with Gasteiger partial charge < -0.3 is 20.7 Å². The van der Waals surface area contributed by atoms with Crippen molar-refractivity contribution in [3.05, 3.63) is 102 Å². The first-order chi connectivity index (χ1) is 16.3. The van der Waals surface area contributed by atoms with Gasteiger partial charge in [-0.1, -0.05) is 48.5 Å². The number of nitrogens with zero attached hydrogens (tertiary/aromatic N) is 2. The fraction of sp³-hybridized carbons (Fsp3) is 0.120. The lowest BCUT2D eigenvalue weighted by Gasteiger charge is -2.24. The van der Waals surface area contributed by atoms with Crippen molar-refractivity contribution in [2.45, 2.75) is 13.0 Å². The largest absolute Gasteiger partial charge is 0.497 e. The molecule has 176 valence electrons. The number of benzene rings is 2. The van der Waals surface area contributed by atoms with Gasteiger partial charge in [0.15, 0.2) is 5.96 Å². The molecule has 0 spiro atoms. The molecule has 0 bridgehead atoms. The molecule has 0 fully saturated rings. The van der Waals surface area contributed by atoms with Crippen LogP contribution in [0.3, 0.4) is 0 Å². The summed E-state index contributed by atoms with van der Waals surface area (Å²) in [5.74, 6) is -1.04. The molecular weight excluding hydrogens is 436 g/mol. The lowest BCUT2D eigenvalue weighted by atomic mass is 10.1. The van der Waals surface area contributed by atoms with E-state index >= 15 is 0 Å². The highest BCUT2D eigenvalue weighted by molar-refractivity contribution is 5.92. The van der Waals surface area contributed by atoms with Crippen molar-refractivity contribution in [2.24, 2.45) is 5.73 Å². The molecule has 2 aromatic carbocycles. The summed E-state index contributed by atoms with van der Waals surface area (Å²) in [6.45, 7) is 0.470. The smallest absolute Gasteiger partial charge is 0.328 e. The van der Waals surface area contributed by atoms with Gasteiger partial charge in [0.25, 0.3) is 0 Å². The molecule has 0 atom stereocenters. The van der Waals surface area contributed by atoms with Crippen LogP contribution in [0.5, 0.6) is 5.75 Å². The van der Waals surface area contributed by atoms with Gasteiger partial charge in [-0.3, -0.25) is 10.3 Å². The Hall–Kier alpha value is -4.66. The lowest BCUT2D eigenvalue weighted by molar-refractivity contribution is -0.134. The minimum Gasteiger partial charge on any atom is -0.497 e. The van der Waals surface area contributed by atoms with Crippen molar-refractivity contribution in [3.63, 3.8) is 0 Å². The van der Waals surface area contributed by atoms with Crippen molar-refractivity contribution < 1.29 is 24.5 Å². The number of nitrogens with two attached hydrogens (primary N) is 1. The number of nitrogens with one attached hydrogen (secondary N) is 1. The molecule has 0 aliphatic rings. The Morgan fingerprint density at radius 2 is 1.59 bits per heavy atom. The number of carboxylic acid groups (broad SMARTS) is 2. The first-order valence-corrected chi connectivity index (χ1v) is 10.2. The minimum absolute atomic E-state index is 0.0335. The van der Waals surface area contributed by atoms with Crippen LogP contribution in [0.25, 0.3) is 0 Å². The highest BCUT2D eigenvalue weighted by atomic mass is 16.5. The summed E-state index contributed by atoms with van der Waals surface area (Å²) in [7, 11) is 1.64. The summed E-state index contributed by atoms with van der Waals surface area (Å²) >= 11 is 0. The van der Waals surface area contributed by atoms with Crippen molar-refractivity contribution in [2.75, 3.05) is 12.0 Å². The van der Waals surface area contributed by atoms with Crippen LogP contribution in [0, 0.1) is 5.41 Å². The predicted molar refractivity (Wildman–Crippen MR) is 129 cm³/mol. The van der Waals surface area contributed by atoms with E-state index < -0.39 is 11.9 Å². The van der Waals surface area contributed by atoms with Gasteiger partial charge in [0.2, 0.25) is 0 Å². The maximum Gasteiger partial charge on any atom is 0.328 e. The first kappa shape index (κ1) is 25.6. The van der Waals surface area contributed by atoms with E-state index in [9.17, 15) is 9.59 Å². The van der Waals surface area contributed by atoms with Crippen molar-refractivity contribution in [1.29, 1.82) is 5.41 Å². The number of carbonyl (C=O) groups is 2. The van der Waals surface area contributed by atoms with E-state index in [0.717, 1.165) is 23.3 Å². The third-order valence-electron chi connectivity index (χ3n) is 4.52. The van der Waals surface area contributed by atoms with Gasteiger partial charge in [-0.05, 0) is 34.9 Å². The monoisotopic (exact) mass is 462 g/mol. The second-order valence-corrected chi connectivity index (χ2v) is 6.98. The molecule has 0 aliphatic carbocycles. The topological polar surface area (TPSA) is 150 Å². The second-order valence-electron chi connectivity index (χ2n) is 6.98. The van der Waals surface area contributed by atoms with Crippen LogP contribution in [0.15, 0.2) is 85.1 Å². The number of rotatable bonds is 8. The summed E-state index contributed by atoms with van der Waals surface area (Å²) in [5, 5.41) is 23.7. The van der Waals surface area contributed by atoms with E-state index in [-0.39, 0.29) is 5.96 Å². The fourth-order valence-electron chi connectivity index (χ4n) is 2.96. The van der Waals surface area contributed by atoms with E-state index in [4.69, 9.17) is 26.1 Å². The summed E-state index contributed by atoms with van der Waals surface area (Å²) in [5.41, 5.74) is 9.12. The van der Waals surface area contributed by atoms with Crippen molar-refractivity contribution >= 4 is 23.7 Å². The minimum atomic E-state index is -1.26. The van der Waals surface area contributed by atoms with Gasteiger partial charge in [-0.15, -0.1) is 0 Å². The predicted octanol–water partition coefficient (Wildman–Crippen LogP) is 3.29. The summed E-state index contributed by atoms with van der Waals surface area (Å²) in [6, 6.07) is 21.9. The van der Waals surface area contributed by atoms with Crippen LogP contribution in [-0.2, 0) is 22.6 Å². The van der Waals surface area contributed by atoms with Crippen LogP contribution in [-0.4, -0.2) is 40.2 Å². The molecule has 9 heteroatoms. The van der Waals surface area contributed by atoms with E-state index in [2.05, 4.69) is 17.1 Å². The number of hydrogen-bond donors (Lipinski definition) is 4. The van der Waals surface area contributed by atoms with Crippen molar-refractivity contribution in [1.82, 2.24) is 4.98 Å². The van der Waals surface area contributed by atoms with Gasteiger partial charge in [-0.25, -0.2) is 14.6 Å². The molecule has 3 rings (SSSR count). The third kappa shape index (κ3) is 8.46. The second kappa shape index (κ2) is 13.0. The zero-order valence-electron chi connectivity index (χ0n) is 18.6. The molecule has 9 nitrogen and oxygen atoms in total. The molecule has 0 amide bonds. The van der Waals surface area contributed by atoms with Gasteiger partial charge in [0, 0.05) is 24.8 Å². The summed E-state index contributed by atoms with van der Waals surface area (Å²) in [6.07, 6.45) is 3.58. The molecule has 0 saturated carbocycles. The van der Waals surface area contributed by atoms with E-state index in [1.54, 1.807) is 18.2 Å². The van der Waals surface area contributed by atoms with Gasteiger partial charge in [0.05, 0.1) is 13.7 Å². The third-order valence-corrected chi connectivity index (χ3v) is 4.52. The SMILES string of the molecule is COc1ccc(CN(C(=N)N)c2ncccc2Cc2ccccc2)cc1.O=C(O)/C=C\C(=O)O. The number of methoxy groups -OCH3 is 1. The Balaban J connectivity index is 0.000000440. The highest BCUT2D eigenvalue weighted by Gasteiger charge is 2.16. The summed E-state index contributed by atoms with van der Waals surface area (Å²) in [4.78, 5) is 25.3.